The van der Waals surface area contributed by atoms with E-state index >= 15 is 0 Å². The minimum Gasteiger partial charge on any atom is -0.396 e. The van der Waals surface area contributed by atoms with E-state index in [1.165, 1.54) is 0 Å². The summed E-state index contributed by atoms with van der Waals surface area (Å²) in [5, 5.41) is 9.25. The summed E-state index contributed by atoms with van der Waals surface area (Å²) in [4.78, 5) is 0. The Balaban J connectivity index is 1.91. The van der Waals surface area contributed by atoms with Crippen LogP contribution in [0.15, 0.2) is 0 Å². The summed E-state index contributed by atoms with van der Waals surface area (Å²) in [6, 6.07) is 0.196. The molecule has 0 radical (unpaired) electrons. The Hall–Kier alpha value is -0.120. The van der Waals surface area contributed by atoms with Crippen LogP contribution in [-0.4, -0.2) is 31.0 Å². The molecule has 76 valence electrons. The van der Waals surface area contributed by atoms with Crippen molar-refractivity contribution in [3.05, 3.63) is 0 Å². The number of rotatable bonds is 3. The molecule has 0 spiro atoms. The largest absolute Gasteiger partial charge is 0.396 e. The number of nitrogens with two attached hydrogens (primary N) is 1. The van der Waals surface area contributed by atoms with Crippen LogP contribution in [-0.2, 0) is 4.74 Å². The molecule has 0 aromatic rings. The Labute approximate surface area is 79.3 Å². The Kier molecular flexibility index (Phi) is 2.58. The predicted molar refractivity (Wildman–Crippen MR) is 50.3 cm³/mol. The van der Waals surface area contributed by atoms with E-state index in [0.717, 1.165) is 38.9 Å². The van der Waals surface area contributed by atoms with Gasteiger partial charge in [0, 0.05) is 24.7 Å². The molecule has 0 aromatic carbocycles. The summed E-state index contributed by atoms with van der Waals surface area (Å²) in [6.45, 7) is 1.96. The number of hydrogen-bond donors (Lipinski definition) is 2. The van der Waals surface area contributed by atoms with Crippen molar-refractivity contribution in [2.45, 2.75) is 31.7 Å². The lowest BCUT2D eigenvalue weighted by Gasteiger charge is -2.32. The van der Waals surface area contributed by atoms with Gasteiger partial charge in [-0.25, -0.2) is 0 Å². The van der Waals surface area contributed by atoms with Gasteiger partial charge < -0.3 is 15.6 Å². The zero-order valence-corrected chi connectivity index (χ0v) is 8.04. The highest BCUT2D eigenvalue weighted by atomic mass is 16.5. The van der Waals surface area contributed by atoms with E-state index < -0.39 is 0 Å². The smallest absolute Gasteiger partial charge is 0.0502 e. The van der Waals surface area contributed by atoms with Gasteiger partial charge in [0.1, 0.15) is 0 Å². The average molecular weight is 185 g/mol. The molecule has 1 atom stereocenters. The Morgan fingerprint density at radius 3 is 2.46 bits per heavy atom. The van der Waals surface area contributed by atoms with Gasteiger partial charge in [-0.1, -0.05) is 0 Å². The van der Waals surface area contributed by atoms with E-state index in [1.807, 2.05) is 0 Å². The molecule has 1 heterocycles. The van der Waals surface area contributed by atoms with E-state index in [4.69, 9.17) is 10.5 Å². The third kappa shape index (κ3) is 1.73. The molecule has 0 amide bonds. The molecule has 1 saturated carbocycles. The predicted octanol–water partition coefficient (Wildman–Crippen LogP) is 0.513. The van der Waals surface area contributed by atoms with Gasteiger partial charge in [0.15, 0.2) is 0 Å². The molecule has 3 N–H and O–H groups in total. The molecular formula is C10H19NO2. The lowest BCUT2D eigenvalue weighted by Crippen LogP contribution is -2.43. The first kappa shape index (κ1) is 9.44. The molecule has 2 fully saturated rings. The minimum atomic E-state index is 0.0853. The molecule has 1 aliphatic heterocycles. The van der Waals surface area contributed by atoms with Crippen molar-refractivity contribution < 1.29 is 9.84 Å². The molecule has 2 rings (SSSR count). The Bertz CT molecular complexity index is 174. The fourth-order valence-corrected chi connectivity index (χ4v) is 2.33. The Morgan fingerprint density at radius 2 is 2.00 bits per heavy atom. The van der Waals surface area contributed by atoms with E-state index in [-0.39, 0.29) is 18.1 Å². The number of aliphatic hydroxyl groups excluding tert-OH is 1. The molecule has 3 nitrogen and oxygen atoms in total. The monoisotopic (exact) mass is 185 g/mol. The van der Waals surface area contributed by atoms with Crippen LogP contribution in [0.5, 0.6) is 0 Å². The van der Waals surface area contributed by atoms with E-state index in [2.05, 4.69) is 0 Å². The zero-order chi connectivity index (χ0) is 9.31. The fraction of sp³-hybridized carbons (Fsp3) is 1.00. The van der Waals surface area contributed by atoms with Crippen molar-refractivity contribution in [1.82, 2.24) is 0 Å². The average Bonchev–Trinajstić information content (AvgIpc) is 2.99. The third-order valence-corrected chi connectivity index (χ3v) is 3.69. The third-order valence-electron chi connectivity index (χ3n) is 3.69. The van der Waals surface area contributed by atoms with Crippen LogP contribution in [0.4, 0.5) is 0 Å². The maximum absolute atomic E-state index is 9.25. The van der Waals surface area contributed by atoms with Gasteiger partial charge in [-0.05, 0) is 31.6 Å². The minimum absolute atomic E-state index is 0.0853. The highest BCUT2D eigenvalue weighted by Gasteiger charge is 2.49. The van der Waals surface area contributed by atoms with Crippen molar-refractivity contribution in [3.63, 3.8) is 0 Å². The van der Waals surface area contributed by atoms with Gasteiger partial charge in [-0.15, -0.1) is 0 Å². The lowest BCUT2D eigenvalue weighted by molar-refractivity contribution is 0.0410. The summed E-state index contributed by atoms with van der Waals surface area (Å²) < 4.78 is 5.30. The molecular weight excluding hydrogens is 166 g/mol. The van der Waals surface area contributed by atoms with Crippen molar-refractivity contribution >= 4 is 0 Å². The van der Waals surface area contributed by atoms with Crippen LogP contribution in [0, 0.1) is 11.3 Å². The topological polar surface area (TPSA) is 55.5 Å². The van der Waals surface area contributed by atoms with Crippen LogP contribution >= 0.6 is 0 Å². The van der Waals surface area contributed by atoms with Crippen molar-refractivity contribution in [1.29, 1.82) is 0 Å². The number of hydrogen-bond acceptors (Lipinski definition) is 3. The second-order valence-corrected chi connectivity index (χ2v) is 4.50. The van der Waals surface area contributed by atoms with Crippen molar-refractivity contribution in [2.24, 2.45) is 17.1 Å². The molecule has 3 heteroatoms. The molecule has 13 heavy (non-hydrogen) atoms. The number of aliphatic hydroxyl groups is 1. The van der Waals surface area contributed by atoms with Crippen LogP contribution in [0.3, 0.4) is 0 Å². The second kappa shape index (κ2) is 3.56. The van der Waals surface area contributed by atoms with Gasteiger partial charge in [0.05, 0.1) is 6.61 Å². The molecule has 0 bridgehead atoms. The van der Waals surface area contributed by atoms with Crippen LogP contribution in [0.25, 0.3) is 0 Å². The highest BCUT2D eigenvalue weighted by molar-refractivity contribution is 5.03. The maximum atomic E-state index is 9.25. The first-order valence-electron chi connectivity index (χ1n) is 5.23. The summed E-state index contributed by atoms with van der Waals surface area (Å²) in [5.74, 6) is 0.573. The molecule has 2 aliphatic rings. The molecule has 1 saturated heterocycles. The maximum Gasteiger partial charge on any atom is 0.0502 e. The lowest BCUT2D eigenvalue weighted by atomic mass is 9.82. The van der Waals surface area contributed by atoms with E-state index in [9.17, 15) is 5.11 Å². The first-order chi connectivity index (χ1) is 6.28. The standard InChI is InChI=1S/C10H19NO2/c11-9(10(7-12)3-4-10)8-1-5-13-6-2-8/h8-9,12H,1-7,11H2. The van der Waals surface area contributed by atoms with E-state index in [1.54, 1.807) is 0 Å². The summed E-state index contributed by atoms with van der Waals surface area (Å²) >= 11 is 0. The first-order valence-corrected chi connectivity index (χ1v) is 5.23. The fourth-order valence-electron chi connectivity index (χ4n) is 2.33. The second-order valence-electron chi connectivity index (χ2n) is 4.50. The van der Waals surface area contributed by atoms with Crippen LogP contribution < -0.4 is 5.73 Å². The molecule has 1 unspecified atom stereocenters. The van der Waals surface area contributed by atoms with Crippen molar-refractivity contribution in [3.8, 4) is 0 Å². The quantitative estimate of drug-likeness (QED) is 0.673. The van der Waals surface area contributed by atoms with E-state index in [0.29, 0.717) is 5.92 Å². The van der Waals surface area contributed by atoms with Crippen LogP contribution in [0.1, 0.15) is 25.7 Å². The summed E-state index contributed by atoms with van der Waals surface area (Å²) in [5.41, 5.74) is 6.27. The molecule has 1 aliphatic carbocycles. The Morgan fingerprint density at radius 1 is 1.38 bits per heavy atom. The van der Waals surface area contributed by atoms with Crippen molar-refractivity contribution in [2.75, 3.05) is 19.8 Å². The van der Waals surface area contributed by atoms with Gasteiger partial charge in [0.25, 0.3) is 0 Å². The highest BCUT2D eigenvalue weighted by Crippen LogP contribution is 2.50. The van der Waals surface area contributed by atoms with Gasteiger partial charge in [-0.3, -0.25) is 0 Å². The summed E-state index contributed by atoms with van der Waals surface area (Å²) in [7, 11) is 0. The zero-order valence-electron chi connectivity index (χ0n) is 8.04. The van der Waals surface area contributed by atoms with Crippen LogP contribution in [0.2, 0.25) is 0 Å². The summed E-state index contributed by atoms with van der Waals surface area (Å²) in [6.07, 6.45) is 4.37. The molecule has 0 aromatic heterocycles. The SMILES string of the molecule is NC(C1CCOCC1)C1(CO)CC1. The van der Waals surface area contributed by atoms with Gasteiger partial charge in [-0.2, -0.15) is 0 Å². The number of ether oxygens (including phenoxy) is 1. The van der Waals surface area contributed by atoms with Gasteiger partial charge in [0.2, 0.25) is 0 Å². The van der Waals surface area contributed by atoms with Gasteiger partial charge >= 0.3 is 0 Å². The normalized spacial score (nSPS) is 30.0.